The molecule has 13 heteroatoms. The molecule has 3 rings (SSSR count). The van der Waals surface area contributed by atoms with Gasteiger partial charge in [0, 0.05) is 5.56 Å². The van der Waals surface area contributed by atoms with Crippen LogP contribution in [-0.2, 0) is 10.0 Å². The van der Waals surface area contributed by atoms with Gasteiger partial charge in [-0.15, -0.1) is 24.5 Å². The van der Waals surface area contributed by atoms with E-state index >= 15 is 0 Å². The molecule has 0 radical (unpaired) electrons. The maximum absolute atomic E-state index is 12.5. The van der Waals surface area contributed by atoms with Crippen molar-refractivity contribution in [3.63, 3.8) is 0 Å². The lowest BCUT2D eigenvalue weighted by molar-refractivity contribution is -0.274. The zero-order chi connectivity index (χ0) is 23.4. The number of carbonyl (C=O) groups is 2. The van der Waals surface area contributed by atoms with Crippen LogP contribution in [0.2, 0.25) is 0 Å². The van der Waals surface area contributed by atoms with Crippen LogP contribution < -0.4 is 20.3 Å². The number of ether oxygens (including phenoxy) is 1. The Bertz CT molecular complexity index is 1210. The molecule has 168 valence electrons. The van der Waals surface area contributed by atoms with Crippen molar-refractivity contribution in [2.24, 2.45) is 0 Å². The first-order chi connectivity index (χ1) is 15.0. The van der Waals surface area contributed by atoms with Gasteiger partial charge in [0.1, 0.15) is 9.96 Å². The maximum atomic E-state index is 12.5. The highest BCUT2D eigenvalue weighted by atomic mass is 32.2. The van der Waals surface area contributed by atoms with Gasteiger partial charge in [-0.25, -0.2) is 8.42 Å². The van der Waals surface area contributed by atoms with Crippen molar-refractivity contribution in [3.05, 3.63) is 77.2 Å². The lowest BCUT2D eigenvalue weighted by Crippen LogP contribution is -2.41. The summed E-state index contributed by atoms with van der Waals surface area (Å²) in [6.07, 6.45) is -4.86. The number of benzene rings is 2. The smallest absolute Gasteiger partial charge is 0.406 e. The Hall–Kier alpha value is -3.58. The number of carbonyl (C=O) groups excluding carboxylic acids is 2. The molecule has 0 aliphatic rings. The van der Waals surface area contributed by atoms with E-state index in [9.17, 15) is 31.2 Å². The van der Waals surface area contributed by atoms with E-state index < -0.39 is 33.9 Å². The van der Waals surface area contributed by atoms with E-state index in [4.69, 9.17) is 0 Å². The third-order valence-electron chi connectivity index (χ3n) is 3.82. The van der Waals surface area contributed by atoms with Crippen LogP contribution in [0.3, 0.4) is 0 Å². The second-order valence-corrected chi connectivity index (χ2v) is 8.92. The van der Waals surface area contributed by atoms with Crippen LogP contribution >= 0.6 is 11.3 Å². The van der Waals surface area contributed by atoms with E-state index in [0.29, 0.717) is 0 Å². The summed E-state index contributed by atoms with van der Waals surface area (Å²) in [4.78, 5) is 24.6. The van der Waals surface area contributed by atoms with Gasteiger partial charge in [0.25, 0.3) is 21.8 Å². The van der Waals surface area contributed by atoms with Crippen LogP contribution in [-0.4, -0.2) is 26.6 Å². The number of amides is 2. The second kappa shape index (κ2) is 9.28. The number of anilines is 1. The third-order valence-corrected chi connectivity index (χ3v) is 6.58. The van der Waals surface area contributed by atoms with Gasteiger partial charge in [-0.05, 0) is 47.8 Å². The van der Waals surface area contributed by atoms with Crippen molar-refractivity contribution in [2.75, 3.05) is 4.72 Å². The van der Waals surface area contributed by atoms with E-state index in [1.165, 1.54) is 30.3 Å². The van der Waals surface area contributed by atoms with Crippen LogP contribution in [0.1, 0.15) is 20.7 Å². The standard InChI is InChI=1S/C19H14F3N3O5S2/c20-19(21,22)30-13-9-7-12(8-10-13)17(26)23-24-18(27)14-4-1-2-5-15(14)25-32(28,29)16-6-3-11-31-16/h1-11,25H,(H,23,26)(H,24,27). The highest BCUT2D eigenvalue weighted by Gasteiger charge is 2.31. The van der Waals surface area contributed by atoms with Gasteiger partial charge in [-0.2, -0.15) is 0 Å². The summed E-state index contributed by atoms with van der Waals surface area (Å²) in [6, 6.07) is 12.7. The fourth-order valence-electron chi connectivity index (χ4n) is 2.44. The number of hydrogen-bond acceptors (Lipinski definition) is 6. The molecule has 0 aliphatic heterocycles. The molecule has 0 spiro atoms. The number of sulfonamides is 1. The van der Waals surface area contributed by atoms with E-state index in [1.807, 2.05) is 0 Å². The topological polar surface area (TPSA) is 114 Å². The second-order valence-electron chi connectivity index (χ2n) is 6.06. The fraction of sp³-hybridized carbons (Fsp3) is 0.0526. The molecule has 0 unspecified atom stereocenters. The van der Waals surface area contributed by atoms with Gasteiger partial charge < -0.3 is 4.74 Å². The van der Waals surface area contributed by atoms with Gasteiger partial charge in [0.2, 0.25) is 0 Å². The van der Waals surface area contributed by atoms with E-state index in [2.05, 4.69) is 20.3 Å². The number of rotatable bonds is 6. The van der Waals surface area contributed by atoms with Gasteiger partial charge in [0.15, 0.2) is 0 Å². The molecule has 0 fully saturated rings. The summed E-state index contributed by atoms with van der Waals surface area (Å²) in [7, 11) is -3.91. The molecule has 2 amide bonds. The summed E-state index contributed by atoms with van der Waals surface area (Å²) in [6.45, 7) is 0. The number of halogens is 3. The highest BCUT2D eigenvalue weighted by molar-refractivity contribution is 7.94. The lowest BCUT2D eigenvalue weighted by atomic mass is 10.2. The molecule has 0 saturated heterocycles. The molecule has 1 aromatic heterocycles. The quantitative estimate of drug-likeness (QED) is 0.463. The van der Waals surface area contributed by atoms with E-state index in [1.54, 1.807) is 11.4 Å². The SMILES string of the molecule is O=C(NNC(=O)c1ccccc1NS(=O)(=O)c1cccs1)c1ccc(OC(F)(F)F)cc1. The summed E-state index contributed by atoms with van der Waals surface area (Å²) in [5.74, 6) is -2.14. The minimum Gasteiger partial charge on any atom is -0.406 e. The zero-order valence-electron chi connectivity index (χ0n) is 15.8. The van der Waals surface area contributed by atoms with Crippen molar-refractivity contribution < 1.29 is 35.9 Å². The number of thiophene rings is 1. The molecular weight excluding hydrogens is 471 g/mol. The van der Waals surface area contributed by atoms with E-state index in [-0.39, 0.29) is 21.0 Å². The Labute approximate surface area is 184 Å². The largest absolute Gasteiger partial charge is 0.573 e. The first kappa shape index (κ1) is 23.1. The summed E-state index contributed by atoms with van der Waals surface area (Å²) >= 11 is 1.000. The van der Waals surface area contributed by atoms with Crippen LogP contribution in [0.15, 0.2) is 70.3 Å². The Balaban J connectivity index is 1.66. The Kier molecular flexibility index (Phi) is 6.69. The molecule has 1 heterocycles. The Morgan fingerprint density at radius 2 is 1.53 bits per heavy atom. The Morgan fingerprint density at radius 1 is 0.875 bits per heavy atom. The van der Waals surface area contributed by atoms with E-state index in [0.717, 1.165) is 35.6 Å². The lowest BCUT2D eigenvalue weighted by Gasteiger charge is -2.13. The molecule has 3 N–H and O–H groups in total. The van der Waals surface area contributed by atoms with Crippen LogP contribution in [0.5, 0.6) is 5.75 Å². The molecule has 3 aromatic rings. The molecule has 32 heavy (non-hydrogen) atoms. The fourth-order valence-corrected chi connectivity index (χ4v) is 4.52. The monoisotopic (exact) mass is 485 g/mol. The number of para-hydroxylation sites is 1. The van der Waals surface area contributed by atoms with Gasteiger partial charge >= 0.3 is 6.36 Å². The summed E-state index contributed by atoms with van der Waals surface area (Å²) in [5.41, 5.74) is 4.10. The molecule has 8 nitrogen and oxygen atoms in total. The van der Waals surface area contributed by atoms with Crippen molar-refractivity contribution in [1.82, 2.24) is 10.9 Å². The van der Waals surface area contributed by atoms with Crippen LogP contribution in [0.25, 0.3) is 0 Å². The van der Waals surface area contributed by atoms with Crippen molar-refractivity contribution >= 4 is 38.9 Å². The van der Waals surface area contributed by atoms with Crippen molar-refractivity contribution in [2.45, 2.75) is 10.6 Å². The average molecular weight is 485 g/mol. The number of nitrogens with one attached hydrogen (secondary N) is 3. The molecule has 0 saturated carbocycles. The molecule has 0 atom stereocenters. The summed E-state index contributed by atoms with van der Waals surface area (Å²) < 4.78 is 67.5. The predicted octanol–water partition coefficient (Wildman–Crippen LogP) is 3.52. The van der Waals surface area contributed by atoms with Crippen molar-refractivity contribution in [3.8, 4) is 5.75 Å². The minimum absolute atomic E-state index is 0.0127. The van der Waals surface area contributed by atoms with Crippen LogP contribution in [0, 0.1) is 0 Å². The third kappa shape index (κ3) is 5.98. The number of alkyl halides is 3. The van der Waals surface area contributed by atoms with Gasteiger partial charge in [-0.1, -0.05) is 18.2 Å². The number of hydrogen-bond donors (Lipinski definition) is 3. The zero-order valence-corrected chi connectivity index (χ0v) is 17.5. The summed E-state index contributed by atoms with van der Waals surface area (Å²) in [5, 5.41) is 1.59. The predicted molar refractivity (Wildman–Crippen MR) is 110 cm³/mol. The minimum atomic E-state index is -4.86. The van der Waals surface area contributed by atoms with Gasteiger partial charge in [0.05, 0.1) is 11.3 Å². The van der Waals surface area contributed by atoms with Crippen molar-refractivity contribution in [1.29, 1.82) is 0 Å². The average Bonchev–Trinajstić information content (AvgIpc) is 3.27. The Morgan fingerprint density at radius 3 is 2.16 bits per heavy atom. The normalized spacial score (nSPS) is 11.5. The highest BCUT2D eigenvalue weighted by Crippen LogP contribution is 2.24. The molecule has 2 aromatic carbocycles. The van der Waals surface area contributed by atoms with Gasteiger partial charge in [-0.3, -0.25) is 25.2 Å². The molecule has 0 aliphatic carbocycles. The first-order valence-corrected chi connectivity index (χ1v) is 11.0. The van der Waals surface area contributed by atoms with Crippen LogP contribution in [0.4, 0.5) is 18.9 Å². The molecule has 0 bridgehead atoms. The number of hydrazine groups is 1. The maximum Gasteiger partial charge on any atom is 0.573 e. The molecular formula is C19H14F3N3O5S2. The first-order valence-electron chi connectivity index (χ1n) is 8.67.